The quantitative estimate of drug-likeness (QED) is 0.357. The summed E-state index contributed by atoms with van der Waals surface area (Å²) in [5, 5.41) is 5.77. The Hall–Kier alpha value is -2.22. The summed E-state index contributed by atoms with van der Waals surface area (Å²) in [7, 11) is 0. The zero-order chi connectivity index (χ0) is 26.6. The summed E-state index contributed by atoms with van der Waals surface area (Å²) in [5.74, 6) is 0.185. The van der Waals surface area contributed by atoms with E-state index >= 15 is 0 Å². The van der Waals surface area contributed by atoms with Crippen LogP contribution in [0.4, 0.5) is 4.79 Å². The number of carbonyl (C=O) groups excluding carboxylic acids is 3. The van der Waals surface area contributed by atoms with Crippen molar-refractivity contribution in [1.29, 1.82) is 0 Å². The SMILES string of the molecule is CCCCCN(C(=O)C(CCSC)NC(=O)OC(C)(C)C)C(C(=O)NC(C)C)c1cccc(C)c1. The summed E-state index contributed by atoms with van der Waals surface area (Å²) in [6, 6.07) is 6.04. The van der Waals surface area contributed by atoms with E-state index in [1.54, 1.807) is 37.4 Å². The first-order valence-electron chi connectivity index (χ1n) is 12.6. The van der Waals surface area contributed by atoms with Crippen LogP contribution >= 0.6 is 11.8 Å². The number of unbranched alkanes of at least 4 members (excludes halogenated alkanes) is 2. The molecule has 1 aromatic carbocycles. The van der Waals surface area contributed by atoms with Crippen molar-refractivity contribution < 1.29 is 19.1 Å². The van der Waals surface area contributed by atoms with Gasteiger partial charge < -0.3 is 20.3 Å². The van der Waals surface area contributed by atoms with E-state index in [4.69, 9.17) is 4.74 Å². The van der Waals surface area contributed by atoms with Crippen molar-refractivity contribution in [2.24, 2.45) is 0 Å². The molecule has 3 amide bonds. The topological polar surface area (TPSA) is 87.7 Å². The van der Waals surface area contributed by atoms with Gasteiger partial charge in [0, 0.05) is 12.6 Å². The van der Waals surface area contributed by atoms with Crippen LogP contribution in [-0.4, -0.2) is 59.0 Å². The van der Waals surface area contributed by atoms with E-state index in [0.717, 1.165) is 30.4 Å². The molecule has 0 bridgehead atoms. The Morgan fingerprint density at radius 2 is 1.80 bits per heavy atom. The molecule has 198 valence electrons. The molecule has 7 nitrogen and oxygen atoms in total. The summed E-state index contributed by atoms with van der Waals surface area (Å²) in [5.41, 5.74) is 1.09. The maximum atomic E-state index is 14.0. The molecule has 0 aliphatic heterocycles. The van der Waals surface area contributed by atoms with E-state index in [1.165, 1.54) is 0 Å². The molecule has 35 heavy (non-hydrogen) atoms. The molecule has 0 aliphatic rings. The summed E-state index contributed by atoms with van der Waals surface area (Å²) in [6.45, 7) is 13.6. The monoisotopic (exact) mass is 507 g/mol. The first kappa shape index (κ1) is 30.8. The van der Waals surface area contributed by atoms with Crippen LogP contribution in [0.25, 0.3) is 0 Å². The van der Waals surface area contributed by atoms with Gasteiger partial charge >= 0.3 is 6.09 Å². The minimum Gasteiger partial charge on any atom is -0.444 e. The summed E-state index contributed by atoms with van der Waals surface area (Å²) >= 11 is 1.60. The zero-order valence-electron chi connectivity index (χ0n) is 22.8. The average molecular weight is 508 g/mol. The Morgan fingerprint density at radius 3 is 2.34 bits per heavy atom. The van der Waals surface area contributed by atoms with Crippen LogP contribution in [0.2, 0.25) is 0 Å². The lowest BCUT2D eigenvalue weighted by Crippen LogP contribution is -2.54. The number of alkyl carbamates (subject to hydrolysis) is 1. The molecule has 0 aliphatic carbocycles. The van der Waals surface area contributed by atoms with Crippen molar-refractivity contribution in [2.75, 3.05) is 18.6 Å². The lowest BCUT2D eigenvalue weighted by molar-refractivity contribution is -0.142. The fourth-order valence-corrected chi connectivity index (χ4v) is 4.19. The third kappa shape index (κ3) is 11.4. The van der Waals surface area contributed by atoms with Crippen molar-refractivity contribution in [3.8, 4) is 0 Å². The largest absolute Gasteiger partial charge is 0.444 e. The van der Waals surface area contributed by atoms with Gasteiger partial charge in [0.25, 0.3) is 0 Å². The maximum absolute atomic E-state index is 14.0. The summed E-state index contributed by atoms with van der Waals surface area (Å²) in [6.07, 6.45) is 4.45. The van der Waals surface area contributed by atoms with E-state index in [0.29, 0.717) is 18.7 Å². The van der Waals surface area contributed by atoms with Gasteiger partial charge in [-0.15, -0.1) is 0 Å². The highest BCUT2D eigenvalue weighted by molar-refractivity contribution is 7.98. The van der Waals surface area contributed by atoms with Gasteiger partial charge in [-0.25, -0.2) is 4.79 Å². The second kappa shape index (κ2) is 15.0. The normalized spacial score (nSPS) is 13.2. The minimum atomic E-state index is -0.793. The predicted molar refractivity (Wildman–Crippen MR) is 145 cm³/mol. The lowest BCUT2D eigenvalue weighted by atomic mass is 9.99. The van der Waals surface area contributed by atoms with Crippen molar-refractivity contribution in [3.05, 3.63) is 35.4 Å². The highest BCUT2D eigenvalue weighted by Gasteiger charge is 2.36. The van der Waals surface area contributed by atoms with Crippen molar-refractivity contribution >= 4 is 29.7 Å². The van der Waals surface area contributed by atoms with Crippen LogP contribution in [0, 0.1) is 6.92 Å². The third-order valence-electron chi connectivity index (χ3n) is 5.23. The molecule has 2 N–H and O–H groups in total. The van der Waals surface area contributed by atoms with Crippen molar-refractivity contribution in [2.45, 2.75) is 97.9 Å². The van der Waals surface area contributed by atoms with Gasteiger partial charge in [-0.1, -0.05) is 49.6 Å². The maximum Gasteiger partial charge on any atom is 0.408 e. The standard InChI is InChI=1S/C27H45N3O4S/c1-9-10-11-16-30(23(24(31)28-19(2)3)21-14-12-13-20(4)18-21)25(32)22(15-17-35-8)29-26(33)34-27(5,6)7/h12-14,18-19,22-23H,9-11,15-17H2,1-8H3,(H,28,31)(H,29,33). The number of nitrogens with one attached hydrogen (secondary N) is 2. The minimum absolute atomic E-state index is 0.0745. The van der Waals surface area contributed by atoms with E-state index < -0.39 is 23.8 Å². The number of nitrogens with zero attached hydrogens (tertiary/aromatic N) is 1. The molecule has 0 saturated carbocycles. The number of hydrogen-bond acceptors (Lipinski definition) is 5. The van der Waals surface area contributed by atoms with Gasteiger partial charge in [0.2, 0.25) is 11.8 Å². The Labute approximate surface area is 216 Å². The molecule has 0 aromatic heterocycles. The van der Waals surface area contributed by atoms with Crippen LogP contribution in [0.15, 0.2) is 24.3 Å². The molecule has 1 rings (SSSR count). The molecule has 0 radical (unpaired) electrons. The van der Waals surface area contributed by atoms with Crippen molar-refractivity contribution in [1.82, 2.24) is 15.5 Å². The van der Waals surface area contributed by atoms with Gasteiger partial charge in [-0.05, 0) is 72.0 Å². The molecule has 2 unspecified atom stereocenters. The summed E-state index contributed by atoms with van der Waals surface area (Å²) in [4.78, 5) is 41.7. The first-order chi connectivity index (χ1) is 16.4. The second-order valence-electron chi connectivity index (χ2n) is 10.2. The number of rotatable bonds is 13. The van der Waals surface area contributed by atoms with Gasteiger partial charge in [0.1, 0.15) is 17.7 Å². The molecule has 8 heteroatoms. The number of benzene rings is 1. The van der Waals surface area contributed by atoms with Gasteiger partial charge in [0.15, 0.2) is 0 Å². The van der Waals surface area contributed by atoms with Crippen LogP contribution in [0.3, 0.4) is 0 Å². The number of ether oxygens (including phenoxy) is 1. The van der Waals surface area contributed by atoms with Gasteiger partial charge in [-0.3, -0.25) is 9.59 Å². The van der Waals surface area contributed by atoms with Crippen LogP contribution in [0.1, 0.15) is 84.4 Å². The van der Waals surface area contributed by atoms with E-state index in [-0.39, 0.29) is 17.9 Å². The number of amides is 3. The van der Waals surface area contributed by atoms with Crippen molar-refractivity contribution in [3.63, 3.8) is 0 Å². The lowest BCUT2D eigenvalue weighted by Gasteiger charge is -2.35. The fourth-order valence-electron chi connectivity index (χ4n) is 3.72. The Morgan fingerprint density at radius 1 is 1.11 bits per heavy atom. The van der Waals surface area contributed by atoms with E-state index in [9.17, 15) is 14.4 Å². The molecular formula is C27H45N3O4S. The fraction of sp³-hybridized carbons (Fsp3) is 0.667. The summed E-state index contributed by atoms with van der Waals surface area (Å²) < 4.78 is 5.43. The Kier molecular flexibility index (Phi) is 13.2. The molecule has 0 fully saturated rings. The van der Waals surface area contributed by atoms with E-state index in [1.807, 2.05) is 51.3 Å². The van der Waals surface area contributed by atoms with Crippen LogP contribution < -0.4 is 10.6 Å². The van der Waals surface area contributed by atoms with Gasteiger partial charge in [-0.2, -0.15) is 11.8 Å². The van der Waals surface area contributed by atoms with Crippen LogP contribution in [0.5, 0.6) is 0 Å². The second-order valence-corrected chi connectivity index (χ2v) is 11.2. The number of thioether (sulfide) groups is 1. The van der Waals surface area contributed by atoms with Crippen LogP contribution in [-0.2, 0) is 14.3 Å². The highest BCUT2D eigenvalue weighted by atomic mass is 32.2. The van der Waals surface area contributed by atoms with E-state index in [2.05, 4.69) is 17.6 Å². The molecular weight excluding hydrogens is 462 g/mol. The molecule has 1 aromatic rings. The molecule has 0 spiro atoms. The third-order valence-corrected chi connectivity index (χ3v) is 5.88. The smallest absolute Gasteiger partial charge is 0.408 e. The highest BCUT2D eigenvalue weighted by Crippen LogP contribution is 2.25. The zero-order valence-corrected chi connectivity index (χ0v) is 23.6. The Balaban J connectivity index is 3.43. The van der Waals surface area contributed by atoms with Gasteiger partial charge in [0.05, 0.1) is 0 Å². The number of hydrogen-bond donors (Lipinski definition) is 2. The number of carbonyl (C=O) groups is 3. The average Bonchev–Trinajstić information content (AvgIpc) is 2.73. The number of aryl methyl sites for hydroxylation is 1. The Bertz CT molecular complexity index is 823. The molecule has 0 saturated heterocycles. The molecule has 2 atom stereocenters. The predicted octanol–water partition coefficient (Wildman–Crippen LogP) is 5.23. The first-order valence-corrected chi connectivity index (χ1v) is 13.9. The molecule has 0 heterocycles.